The zero-order valence-electron chi connectivity index (χ0n) is 21.7. The summed E-state index contributed by atoms with van der Waals surface area (Å²) in [5.74, 6) is -3.08. The third-order valence-corrected chi connectivity index (χ3v) is 11.0. The second kappa shape index (κ2) is 10.6. The number of fused-ring (bicyclic) bond motifs is 1. The second-order valence-electron chi connectivity index (χ2n) is 11.0. The molecule has 7 atom stereocenters. The first-order chi connectivity index (χ1) is 17.1. The molecule has 0 saturated carbocycles. The highest BCUT2D eigenvalue weighted by atomic mass is 32.2. The number of carbonyl (C=O) groups is 3. The molecule has 0 aromatic heterocycles. The van der Waals surface area contributed by atoms with E-state index in [0.29, 0.717) is 45.7 Å². The standard InChI is InChI=1S/C26H41N3O6S/c1-5-9-28(11-10-27-12-14-35-15-13-27)23(32)21-26-8-7-25(4,36-26)20(24(33)34)19(26)22(31)29(21)18(16-30)17(3)6-2/h5,17-21,30H,1,6-16H2,2-4H3,(H,33,34)/t17-,18-,19-,20-,21?,25+,26?/m0/s1. The van der Waals surface area contributed by atoms with Crippen LogP contribution in [0.1, 0.15) is 40.0 Å². The van der Waals surface area contributed by atoms with Gasteiger partial charge in [0.05, 0.1) is 42.4 Å². The van der Waals surface area contributed by atoms with Crippen LogP contribution in [0.2, 0.25) is 0 Å². The number of hydrogen-bond acceptors (Lipinski definition) is 7. The average Bonchev–Trinajstić information content (AvgIpc) is 3.43. The van der Waals surface area contributed by atoms with Crippen LogP contribution in [0.25, 0.3) is 0 Å². The summed E-state index contributed by atoms with van der Waals surface area (Å²) in [7, 11) is 0. The van der Waals surface area contributed by atoms with E-state index in [2.05, 4.69) is 11.5 Å². The maximum absolute atomic E-state index is 14.4. The van der Waals surface area contributed by atoms with Crippen molar-refractivity contribution in [1.29, 1.82) is 0 Å². The van der Waals surface area contributed by atoms with Gasteiger partial charge in [0.1, 0.15) is 6.04 Å². The van der Waals surface area contributed by atoms with Crippen LogP contribution in [0.15, 0.2) is 12.7 Å². The van der Waals surface area contributed by atoms with Crippen LogP contribution in [0.5, 0.6) is 0 Å². The zero-order valence-corrected chi connectivity index (χ0v) is 22.5. The molecule has 0 aromatic rings. The van der Waals surface area contributed by atoms with Crippen molar-refractivity contribution in [1.82, 2.24) is 14.7 Å². The molecule has 202 valence electrons. The van der Waals surface area contributed by atoms with Crippen molar-refractivity contribution in [2.75, 3.05) is 52.5 Å². The number of carbonyl (C=O) groups excluding carboxylic acids is 2. The lowest BCUT2D eigenvalue weighted by molar-refractivity contribution is -0.151. The third-order valence-electron chi connectivity index (χ3n) is 9.01. The van der Waals surface area contributed by atoms with E-state index in [0.717, 1.165) is 19.5 Å². The van der Waals surface area contributed by atoms with Gasteiger partial charge in [-0.1, -0.05) is 26.3 Å². The molecule has 4 fully saturated rings. The molecule has 4 heterocycles. The lowest BCUT2D eigenvalue weighted by Gasteiger charge is -2.41. The Morgan fingerprint density at radius 3 is 2.61 bits per heavy atom. The number of nitrogens with zero attached hydrogens (tertiary/aromatic N) is 3. The molecule has 2 N–H and O–H groups in total. The van der Waals surface area contributed by atoms with E-state index in [1.54, 1.807) is 15.9 Å². The van der Waals surface area contributed by atoms with Crippen molar-refractivity contribution in [3.8, 4) is 0 Å². The van der Waals surface area contributed by atoms with Gasteiger partial charge in [0.2, 0.25) is 11.8 Å². The summed E-state index contributed by atoms with van der Waals surface area (Å²) in [6.45, 7) is 14.0. The van der Waals surface area contributed by atoms with E-state index >= 15 is 0 Å². The largest absolute Gasteiger partial charge is 0.481 e. The lowest BCUT2D eigenvalue weighted by atomic mass is 9.66. The predicted octanol–water partition coefficient (Wildman–Crippen LogP) is 1.31. The Morgan fingerprint density at radius 2 is 2.03 bits per heavy atom. The molecule has 36 heavy (non-hydrogen) atoms. The monoisotopic (exact) mass is 523 g/mol. The molecule has 10 heteroatoms. The molecule has 4 aliphatic rings. The van der Waals surface area contributed by atoms with Gasteiger partial charge in [-0.25, -0.2) is 0 Å². The number of thioether (sulfide) groups is 1. The fourth-order valence-corrected chi connectivity index (χ4v) is 9.23. The molecule has 4 aliphatic heterocycles. The first kappa shape index (κ1) is 27.4. The van der Waals surface area contributed by atoms with Gasteiger partial charge in [-0.3, -0.25) is 19.3 Å². The van der Waals surface area contributed by atoms with E-state index in [4.69, 9.17) is 4.74 Å². The minimum absolute atomic E-state index is 0.0354. The number of carboxylic acids is 1. The Labute approximate surface area is 218 Å². The summed E-state index contributed by atoms with van der Waals surface area (Å²) in [5.41, 5.74) is 0. The first-order valence-corrected chi connectivity index (χ1v) is 14.0. The van der Waals surface area contributed by atoms with Crippen molar-refractivity contribution in [3.63, 3.8) is 0 Å². The Balaban J connectivity index is 1.71. The summed E-state index contributed by atoms with van der Waals surface area (Å²) in [6.07, 6.45) is 3.70. The summed E-state index contributed by atoms with van der Waals surface area (Å²) >= 11 is 1.54. The van der Waals surface area contributed by atoms with Crippen LogP contribution in [0, 0.1) is 17.8 Å². The van der Waals surface area contributed by atoms with Crippen LogP contribution in [0.4, 0.5) is 0 Å². The molecule has 2 unspecified atom stereocenters. The quantitative estimate of drug-likeness (QED) is 0.390. The van der Waals surface area contributed by atoms with Crippen LogP contribution in [-0.4, -0.2) is 117 Å². The van der Waals surface area contributed by atoms with E-state index in [9.17, 15) is 24.6 Å². The molecular formula is C26H41N3O6S. The minimum atomic E-state index is -0.975. The summed E-state index contributed by atoms with van der Waals surface area (Å²) in [6, 6.07) is -1.34. The van der Waals surface area contributed by atoms with E-state index in [1.807, 2.05) is 20.8 Å². The topological polar surface area (TPSA) is 111 Å². The zero-order chi connectivity index (χ0) is 26.3. The molecule has 0 radical (unpaired) electrons. The number of aliphatic carboxylic acids is 1. The first-order valence-electron chi connectivity index (χ1n) is 13.2. The Morgan fingerprint density at radius 1 is 1.33 bits per heavy atom. The lowest BCUT2D eigenvalue weighted by Crippen LogP contribution is -2.59. The number of aliphatic hydroxyl groups excluding tert-OH is 1. The molecule has 2 amide bonds. The van der Waals surface area contributed by atoms with Gasteiger partial charge in [0.15, 0.2) is 0 Å². The van der Waals surface area contributed by atoms with Crippen LogP contribution in [0.3, 0.4) is 0 Å². The molecule has 9 nitrogen and oxygen atoms in total. The fraction of sp³-hybridized carbons (Fsp3) is 0.808. The van der Waals surface area contributed by atoms with Crippen molar-refractivity contribution in [2.45, 2.75) is 61.6 Å². The van der Waals surface area contributed by atoms with Crippen LogP contribution < -0.4 is 0 Å². The number of carboxylic acid groups (broad SMARTS) is 1. The molecular weight excluding hydrogens is 482 g/mol. The third kappa shape index (κ3) is 4.37. The van der Waals surface area contributed by atoms with Crippen LogP contribution in [-0.2, 0) is 19.1 Å². The van der Waals surface area contributed by atoms with Crippen LogP contribution >= 0.6 is 11.8 Å². The SMILES string of the molecule is C=CCN(CCN1CCOCC1)C(=O)C1N([C@@H](CO)[C@@H](C)CC)C(=O)[C@@H]2[C@@H](C(=O)O)[C@@]3(C)CCC12S3. The average molecular weight is 524 g/mol. The minimum Gasteiger partial charge on any atom is -0.481 e. The van der Waals surface area contributed by atoms with Crippen molar-refractivity contribution in [3.05, 3.63) is 12.7 Å². The normalized spacial score (nSPS) is 35.5. The summed E-state index contributed by atoms with van der Waals surface area (Å²) in [5, 5.41) is 20.6. The Hall–Kier alpha value is -1.62. The highest BCUT2D eigenvalue weighted by Crippen LogP contribution is 2.71. The number of morpholine rings is 1. The Bertz CT molecular complexity index is 882. The van der Waals surface area contributed by atoms with E-state index < -0.39 is 39.4 Å². The summed E-state index contributed by atoms with van der Waals surface area (Å²) in [4.78, 5) is 46.5. The maximum atomic E-state index is 14.4. The van der Waals surface area contributed by atoms with Gasteiger partial charge in [-0.05, 0) is 25.7 Å². The molecule has 1 spiro atoms. The Kier molecular flexibility index (Phi) is 8.09. The number of amides is 2. The number of aliphatic hydroxyl groups is 1. The molecule has 4 rings (SSSR count). The summed E-state index contributed by atoms with van der Waals surface area (Å²) < 4.78 is 4.06. The molecule has 2 bridgehead atoms. The highest BCUT2D eigenvalue weighted by Gasteiger charge is 2.78. The van der Waals surface area contributed by atoms with Gasteiger partial charge < -0.3 is 24.7 Å². The number of hydrogen-bond donors (Lipinski definition) is 2. The van der Waals surface area contributed by atoms with Gasteiger partial charge in [0.25, 0.3) is 0 Å². The van der Waals surface area contributed by atoms with Crippen molar-refractivity contribution in [2.24, 2.45) is 17.8 Å². The number of likely N-dealkylation sites (tertiary alicyclic amines) is 1. The van der Waals surface area contributed by atoms with E-state index in [-0.39, 0.29) is 24.3 Å². The maximum Gasteiger partial charge on any atom is 0.308 e. The van der Waals surface area contributed by atoms with Crippen molar-refractivity contribution < 1.29 is 29.3 Å². The second-order valence-corrected chi connectivity index (χ2v) is 12.9. The highest BCUT2D eigenvalue weighted by molar-refractivity contribution is 8.02. The van der Waals surface area contributed by atoms with Gasteiger partial charge in [-0.2, -0.15) is 0 Å². The molecule has 4 saturated heterocycles. The van der Waals surface area contributed by atoms with E-state index in [1.165, 1.54) is 11.8 Å². The number of ether oxygens (including phenoxy) is 1. The van der Waals surface area contributed by atoms with Gasteiger partial charge in [-0.15, -0.1) is 18.3 Å². The fourth-order valence-electron chi connectivity index (χ4n) is 6.90. The smallest absolute Gasteiger partial charge is 0.308 e. The number of rotatable bonds is 11. The van der Waals surface area contributed by atoms with Gasteiger partial charge >= 0.3 is 5.97 Å². The van der Waals surface area contributed by atoms with Crippen molar-refractivity contribution >= 4 is 29.5 Å². The predicted molar refractivity (Wildman–Crippen MR) is 138 cm³/mol. The molecule has 0 aliphatic carbocycles. The van der Waals surface area contributed by atoms with Gasteiger partial charge in [0, 0.05) is 37.5 Å². The molecule has 0 aromatic carbocycles.